The first-order valence-electron chi connectivity index (χ1n) is 4.35. The van der Waals surface area contributed by atoms with Gasteiger partial charge in [-0.05, 0) is 0 Å². The molecule has 0 bridgehead atoms. The molecule has 14 heavy (non-hydrogen) atoms. The molecule has 5 nitrogen and oxygen atoms in total. The summed E-state index contributed by atoms with van der Waals surface area (Å²) in [6, 6.07) is -0.492. The third-order valence-corrected chi connectivity index (χ3v) is 3.51. The molecule has 0 aromatic heterocycles. The number of carbonyl (C=O) groups is 1. The zero-order valence-electron chi connectivity index (χ0n) is 8.32. The van der Waals surface area contributed by atoms with Crippen molar-refractivity contribution >= 4 is 16.8 Å². The summed E-state index contributed by atoms with van der Waals surface area (Å²) in [6.45, 7) is 0.458. The number of nitrogens with one attached hydrogen (secondary N) is 1. The molecule has 6 heteroatoms. The van der Waals surface area contributed by atoms with Crippen LogP contribution < -0.4 is 5.32 Å². The van der Waals surface area contributed by atoms with Gasteiger partial charge in [-0.1, -0.05) is 0 Å². The Morgan fingerprint density at radius 1 is 1.50 bits per heavy atom. The third-order valence-electron chi connectivity index (χ3n) is 2.03. The van der Waals surface area contributed by atoms with Crippen LogP contribution in [-0.4, -0.2) is 54.6 Å². The molecule has 3 unspecified atom stereocenters. The second kappa shape index (κ2) is 5.43. The zero-order chi connectivity index (χ0) is 10.6. The molecule has 0 saturated carbocycles. The Labute approximate surface area is 85.6 Å². The van der Waals surface area contributed by atoms with Crippen LogP contribution in [0.4, 0.5) is 0 Å². The Morgan fingerprint density at radius 2 is 2.21 bits per heavy atom. The lowest BCUT2D eigenvalue weighted by Gasteiger charge is -2.28. The highest BCUT2D eigenvalue weighted by atomic mass is 32.2. The van der Waals surface area contributed by atoms with E-state index in [1.165, 1.54) is 7.11 Å². The molecule has 1 rings (SSSR count). The van der Waals surface area contributed by atoms with Gasteiger partial charge in [0.15, 0.2) is 0 Å². The molecule has 1 aliphatic rings. The summed E-state index contributed by atoms with van der Waals surface area (Å²) in [7, 11) is 1.93. The van der Waals surface area contributed by atoms with Crippen molar-refractivity contribution in [2.45, 2.75) is 12.1 Å². The van der Waals surface area contributed by atoms with E-state index < -0.39 is 16.8 Å². The van der Waals surface area contributed by atoms with Gasteiger partial charge >= 0.3 is 5.97 Å². The highest BCUT2D eigenvalue weighted by molar-refractivity contribution is 7.85. The molecule has 82 valence electrons. The summed E-state index contributed by atoms with van der Waals surface area (Å²) >= 11 is 0. The zero-order valence-corrected chi connectivity index (χ0v) is 9.13. The summed E-state index contributed by atoms with van der Waals surface area (Å²) in [6.07, 6.45) is 0. The van der Waals surface area contributed by atoms with Crippen LogP contribution in [0.5, 0.6) is 0 Å². The van der Waals surface area contributed by atoms with Crippen LogP contribution in [0.2, 0.25) is 0 Å². The third kappa shape index (κ3) is 3.04. The predicted octanol–water partition coefficient (Wildman–Crippen LogP) is -1.11. The molecule has 1 heterocycles. The van der Waals surface area contributed by atoms with Crippen molar-refractivity contribution in [3.05, 3.63) is 0 Å². The van der Waals surface area contributed by atoms with E-state index in [9.17, 15) is 9.00 Å². The summed E-state index contributed by atoms with van der Waals surface area (Å²) in [5, 5.41) is 3.04. The molecule has 0 radical (unpaired) electrons. The van der Waals surface area contributed by atoms with Gasteiger partial charge in [0.1, 0.15) is 6.04 Å². The number of methoxy groups -OCH3 is 2. The Morgan fingerprint density at radius 3 is 2.79 bits per heavy atom. The largest absolute Gasteiger partial charge is 0.468 e. The number of hydrogen-bond donors (Lipinski definition) is 1. The number of esters is 1. The smallest absolute Gasteiger partial charge is 0.323 e. The maximum Gasteiger partial charge on any atom is 0.323 e. The van der Waals surface area contributed by atoms with Gasteiger partial charge in [-0.3, -0.25) is 14.3 Å². The SMILES string of the molecule is COCC1CS(=O)CC(C(=O)OC)N1. The van der Waals surface area contributed by atoms with E-state index in [2.05, 4.69) is 10.1 Å². The monoisotopic (exact) mass is 221 g/mol. The standard InChI is InChI=1S/C8H15NO4S/c1-12-3-6-4-14(11)5-7(9-6)8(10)13-2/h6-7,9H,3-5H2,1-2H3. The maximum atomic E-state index is 11.4. The summed E-state index contributed by atoms with van der Waals surface area (Å²) in [5.41, 5.74) is 0. The van der Waals surface area contributed by atoms with E-state index in [4.69, 9.17) is 4.74 Å². The molecule has 0 amide bonds. The molecule has 0 aromatic carbocycles. The lowest BCUT2D eigenvalue weighted by Crippen LogP contribution is -2.55. The van der Waals surface area contributed by atoms with Gasteiger partial charge in [0.25, 0.3) is 0 Å². The van der Waals surface area contributed by atoms with E-state index in [-0.39, 0.29) is 12.0 Å². The Kier molecular flexibility index (Phi) is 4.50. The van der Waals surface area contributed by atoms with Crippen LogP contribution in [0.25, 0.3) is 0 Å². The minimum atomic E-state index is -0.967. The lowest BCUT2D eigenvalue weighted by molar-refractivity contribution is -0.142. The number of hydrogen-bond acceptors (Lipinski definition) is 5. The normalized spacial score (nSPS) is 32.6. The van der Waals surface area contributed by atoms with Crippen molar-refractivity contribution in [1.29, 1.82) is 0 Å². The fourth-order valence-electron chi connectivity index (χ4n) is 1.43. The fourth-order valence-corrected chi connectivity index (χ4v) is 2.82. The molecule has 3 atom stereocenters. The van der Waals surface area contributed by atoms with Crippen molar-refractivity contribution < 1.29 is 18.5 Å². The molecule has 0 spiro atoms. The second-order valence-corrected chi connectivity index (χ2v) is 4.71. The van der Waals surface area contributed by atoms with Crippen molar-refractivity contribution in [3.8, 4) is 0 Å². The van der Waals surface area contributed by atoms with Crippen molar-refractivity contribution in [2.24, 2.45) is 0 Å². The van der Waals surface area contributed by atoms with Gasteiger partial charge in [0, 0.05) is 35.5 Å². The van der Waals surface area contributed by atoms with Crippen LogP contribution in [-0.2, 0) is 25.1 Å². The predicted molar refractivity (Wildman–Crippen MR) is 52.5 cm³/mol. The minimum absolute atomic E-state index is 0.0290. The lowest BCUT2D eigenvalue weighted by atomic mass is 10.2. The minimum Gasteiger partial charge on any atom is -0.468 e. The van der Waals surface area contributed by atoms with Gasteiger partial charge in [0.2, 0.25) is 0 Å². The average Bonchev–Trinajstić information content (AvgIpc) is 2.16. The van der Waals surface area contributed by atoms with E-state index in [0.717, 1.165) is 0 Å². The van der Waals surface area contributed by atoms with Gasteiger partial charge in [-0.2, -0.15) is 0 Å². The highest BCUT2D eigenvalue weighted by Gasteiger charge is 2.30. The van der Waals surface area contributed by atoms with E-state index in [1.807, 2.05) is 0 Å². The van der Waals surface area contributed by atoms with Crippen LogP contribution in [0.1, 0.15) is 0 Å². The molecular formula is C8H15NO4S. The number of carbonyl (C=O) groups excluding carboxylic acids is 1. The number of rotatable bonds is 3. The quantitative estimate of drug-likeness (QED) is 0.613. The number of ether oxygens (including phenoxy) is 2. The van der Waals surface area contributed by atoms with Crippen LogP contribution in [0, 0.1) is 0 Å². The first kappa shape index (κ1) is 11.6. The van der Waals surface area contributed by atoms with E-state index in [0.29, 0.717) is 18.1 Å². The maximum absolute atomic E-state index is 11.4. The van der Waals surface area contributed by atoms with Crippen molar-refractivity contribution in [3.63, 3.8) is 0 Å². The fraction of sp³-hybridized carbons (Fsp3) is 0.875. The highest BCUT2D eigenvalue weighted by Crippen LogP contribution is 2.05. The summed E-state index contributed by atoms with van der Waals surface area (Å²) in [5.74, 6) is 0.493. The van der Waals surface area contributed by atoms with Crippen LogP contribution >= 0.6 is 0 Å². The van der Waals surface area contributed by atoms with Crippen LogP contribution in [0.3, 0.4) is 0 Å². The van der Waals surface area contributed by atoms with Gasteiger partial charge in [0.05, 0.1) is 13.7 Å². The van der Waals surface area contributed by atoms with Crippen molar-refractivity contribution in [2.75, 3.05) is 32.3 Å². The molecule has 1 saturated heterocycles. The first-order valence-corrected chi connectivity index (χ1v) is 5.84. The van der Waals surface area contributed by atoms with Gasteiger partial charge in [-0.15, -0.1) is 0 Å². The van der Waals surface area contributed by atoms with Gasteiger partial charge in [-0.25, -0.2) is 0 Å². The molecule has 1 aliphatic heterocycles. The Bertz CT molecular complexity index is 233. The summed E-state index contributed by atoms with van der Waals surface area (Å²) in [4.78, 5) is 11.2. The van der Waals surface area contributed by atoms with E-state index in [1.54, 1.807) is 7.11 Å². The Hall–Kier alpha value is -0.460. The molecule has 1 N–H and O–H groups in total. The second-order valence-electron chi connectivity index (χ2n) is 3.17. The first-order chi connectivity index (χ1) is 6.67. The van der Waals surface area contributed by atoms with Crippen molar-refractivity contribution in [1.82, 2.24) is 5.32 Å². The molecule has 0 aliphatic carbocycles. The molecule has 0 aromatic rings. The van der Waals surface area contributed by atoms with Gasteiger partial charge < -0.3 is 9.47 Å². The topological polar surface area (TPSA) is 64.6 Å². The average molecular weight is 221 g/mol. The molecule has 1 fully saturated rings. The summed E-state index contributed by atoms with van der Waals surface area (Å²) < 4.78 is 20.9. The molecular weight excluding hydrogens is 206 g/mol. The van der Waals surface area contributed by atoms with Crippen LogP contribution in [0.15, 0.2) is 0 Å². The van der Waals surface area contributed by atoms with E-state index >= 15 is 0 Å². The Balaban J connectivity index is 2.53.